The molecule has 88 valence electrons. The van der Waals surface area contributed by atoms with Gasteiger partial charge in [-0.1, -0.05) is 23.8 Å². The number of methoxy groups -OCH3 is 1. The zero-order valence-corrected chi connectivity index (χ0v) is 9.90. The van der Waals surface area contributed by atoms with Gasteiger partial charge in [-0.05, 0) is 19.4 Å². The zero-order chi connectivity index (χ0) is 12.0. The molecule has 1 rings (SSSR count). The van der Waals surface area contributed by atoms with Crippen LogP contribution in [0.5, 0.6) is 0 Å². The Bertz CT molecular complexity index is 350. The van der Waals surface area contributed by atoms with Crippen LogP contribution in [0.2, 0.25) is 0 Å². The molecule has 0 aromatic heterocycles. The van der Waals surface area contributed by atoms with Crippen LogP contribution in [0.25, 0.3) is 0 Å². The Kier molecular flexibility index (Phi) is 5.15. The van der Waals surface area contributed by atoms with Crippen LogP contribution in [-0.4, -0.2) is 25.5 Å². The summed E-state index contributed by atoms with van der Waals surface area (Å²) in [6.45, 7) is 2.57. The van der Waals surface area contributed by atoms with E-state index in [1.54, 1.807) is 7.11 Å². The highest BCUT2D eigenvalue weighted by molar-refractivity contribution is 5.96. The lowest BCUT2D eigenvalue weighted by atomic mass is 10.0. The molecule has 1 atom stereocenters. The molecule has 0 aliphatic rings. The lowest BCUT2D eigenvalue weighted by molar-refractivity contribution is 0.0967. The van der Waals surface area contributed by atoms with Crippen LogP contribution in [0.3, 0.4) is 0 Å². The van der Waals surface area contributed by atoms with Gasteiger partial charge in [0.05, 0.1) is 0 Å². The highest BCUT2D eigenvalue weighted by Gasteiger charge is 2.11. The predicted molar refractivity (Wildman–Crippen MR) is 64.6 cm³/mol. The second-order valence-corrected chi connectivity index (χ2v) is 4.04. The molecule has 1 aromatic carbocycles. The Labute approximate surface area is 96.6 Å². The van der Waals surface area contributed by atoms with Crippen molar-refractivity contribution in [2.75, 3.05) is 13.7 Å². The van der Waals surface area contributed by atoms with Crippen molar-refractivity contribution in [2.24, 2.45) is 5.73 Å². The highest BCUT2D eigenvalue weighted by Crippen LogP contribution is 2.09. The minimum absolute atomic E-state index is 0.104. The SMILES string of the molecule is COCCC(N)CC(=O)c1cccc(C)c1. The molecule has 16 heavy (non-hydrogen) atoms. The summed E-state index contributed by atoms with van der Waals surface area (Å²) in [5.41, 5.74) is 7.67. The Morgan fingerprint density at radius 1 is 1.50 bits per heavy atom. The zero-order valence-electron chi connectivity index (χ0n) is 9.90. The fourth-order valence-electron chi connectivity index (χ4n) is 1.55. The van der Waals surface area contributed by atoms with Crippen molar-refractivity contribution in [2.45, 2.75) is 25.8 Å². The first kappa shape index (κ1) is 12.9. The van der Waals surface area contributed by atoms with Crippen molar-refractivity contribution in [3.8, 4) is 0 Å². The van der Waals surface area contributed by atoms with Crippen molar-refractivity contribution in [1.29, 1.82) is 0 Å². The lowest BCUT2D eigenvalue weighted by Crippen LogP contribution is -2.25. The van der Waals surface area contributed by atoms with E-state index in [2.05, 4.69) is 0 Å². The van der Waals surface area contributed by atoms with Gasteiger partial charge in [-0.15, -0.1) is 0 Å². The second-order valence-electron chi connectivity index (χ2n) is 4.04. The number of ketones is 1. The molecule has 0 amide bonds. The first-order valence-corrected chi connectivity index (χ1v) is 5.48. The van der Waals surface area contributed by atoms with Crippen molar-refractivity contribution < 1.29 is 9.53 Å². The summed E-state index contributed by atoms with van der Waals surface area (Å²) in [4.78, 5) is 11.8. The molecule has 2 N–H and O–H groups in total. The van der Waals surface area contributed by atoms with E-state index in [1.165, 1.54) is 0 Å². The fourth-order valence-corrected chi connectivity index (χ4v) is 1.55. The van der Waals surface area contributed by atoms with Gasteiger partial charge in [0, 0.05) is 31.7 Å². The summed E-state index contributed by atoms with van der Waals surface area (Å²) in [6, 6.07) is 7.47. The quantitative estimate of drug-likeness (QED) is 0.747. The third-order valence-electron chi connectivity index (χ3n) is 2.48. The first-order chi connectivity index (χ1) is 7.63. The maximum absolute atomic E-state index is 11.8. The largest absolute Gasteiger partial charge is 0.385 e. The summed E-state index contributed by atoms with van der Waals surface area (Å²) >= 11 is 0. The predicted octanol–water partition coefficient (Wildman–Crippen LogP) is 1.93. The number of aryl methyl sites for hydroxylation is 1. The molecule has 0 radical (unpaired) electrons. The molecule has 3 heteroatoms. The van der Waals surface area contributed by atoms with Gasteiger partial charge in [-0.25, -0.2) is 0 Å². The maximum atomic E-state index is 11.8. The molecule has 0 heterocycles. The van der Waals surface area contributed by atoms with Gasteiger partial charge in [0.25, 0.3) is 0 Å². The number of Topliss-reactive ketones (excluding diaryl/α,β-unsaturated/α-hetero) is 1. The summed E-state index contributed by atoms with van der Waals surface area (Å²) in [7, 11) is 1.63. The van der Waals surface area contributed by atoms with Crippen molar-refractivity contribution in [3.63, 3.8) is 0 Å². The molecule has 0 bridgehead atoms. The normalized spacial score (nSPS) is 12.4. The Balaban J connectivity index is 2.52. The fraction of sp³-hybridized carbons (Fsp3) is 0.462. The molecule has 3 nitrogen and oxygen atoms in total. The van der Waals surface area contributed by atoms with Gasteiger partial charge in [0.15, 0.2) is 5.78 Å². The summed E-state index contributed by atoms with van der Waals surface area (Å²) in [5.74, 6) is 0.104. The van der Waals surface area contributed by atoms with Gasteiger partial charge >= 0.3 is 0 Å². The van der Waals surface area contributed by atoms with Crippen LogP contribution in [0.1, 0.15) is 28.8 Å². The van der Waals surface area contributed by atoms with E-state index in [0.29, 0.717) is 19.4 Å². The van der Waals surface area contributed by atoms with Crippen molar-refractivity contribution >= 4 is 5.78 Å². The summed E-state index contributed by atoms with van der Waals surface area (Å²) in [6.07, 6.45) is 1.10. The molecule has 0 saturated heterocycles. The number of benzene rings is 1. The molecule has 0 spiro atoms. The van der Waals surface area contributed by atoms with Crippen molar-refractivity contribution in [1.82, 2.24) is 0 Å². The van der Waals surface area contributed by atoms with Crippen LogP contribution >= 0.6 is 0 Å². The maximum Gasteiger partial charge on any atom is 0.164 e. The van der Waals surface area contributed by atoms with E-state index in [0.717, 1.165) is 11.1 Å². The lowest BCUT2D eigenvalue weighted by Gasteiger charge is -2.10. The van der Waals surface area contributed by atoms with E-state index < -0.39 is 0 Å². The minimum Gasteiger partial charge on any atom is -0.385 e. The smallest absolute Gasteiger partial charge is 0.164 e. The van der Waals surface area contributed by atoms with Gasteiger partial charge in [-0.2, -0.15) is 0 Å². The number of ether oxygens (including phenoxy) is 1. The van der Waals surface area contributed by atoms with E-state index in [9.17, 15) is 4.79 Å². The van der Waals surface area contributed by atoms with Gasteiger partial charge in [-0.3, -0.25) is 4.79 Å². The number of rotatable bonds is 6. The van der Waals surface area contributed by atoms with E-state index in [-0.39, 0.29) is 11.8 Å². The van der Waals surface area contributed by atoms with Gasteiger partial charge < -0.3 is 10.5 Å². The van der Waals surface area contributed by atoms with Gasteiger partial charge in [0.2, 0.25) is 0 Å². The molecular weight excluding hydrogens is 202 g/mol. The van der Waals surface area contributed by atoms with Crippen LogP contribution in [0.15, 0.2) is 24.3 Å². The second kappa shape index (κ2) is 6.40. The van der Waals surface area contributed by atoms with E-state index in [4.69, 9.17) is 10.5 Å². The number of nitrogens with two attached hydrogens (primary N) is 1. The molecule has 1 aromatic rings. The molecule has 1 unspecified atom stereocenters. The van der Waals surface area contributed by atoms with Crippen LogP contribution in [0.4, 0.5) is 0 Å². The summed E-state index contributed by atoms with van der Waals surface area (Å²) in [5, 5.41) is 0. The Morgan fingerprint density at radius 3 is 2.88 bits per heavy atom. The molecular formula is C13H19NO2. The van der Waals surface area contributed by atoms with E-state index >= 15 is 0 Å². The molecule has 0 aliphatic heterocycles. The third kappa shape index (κ3) is 4.13. The minimum atomic E-state index is -0.118. The highest BCUT2D eigenvalue weighted by atomic mass is 16.5. The van der Waals surface area contributed by atoms with Crippen LogP contribution in [0, 0.1) is 6.92 Å². The average molecular weight is 221 g/mol. The standard InChI is InChI=1S/C13H19NO2/c1-10-4-3-5-11(8-10)13(15)9-12(14)6-7-16-2/h3-5,8,12H,6-7,9,14H2,1-2H3. The number of hydrogen-bond donors (Lipinski definition) is 1. The van der Waals surface area contributed by atoms with E-state index in [1.807, 2.05) is 31.2 Å². The Morgan fingerprint density at radius 2 is 2.25 bits per heavy atom. The average Bonchev–Trinajstić information content (AvgIpc) is 2.26. The topological polar surface area (TPSA) is 52.3 Å². The molecule has 0 aliphatic carbocycles. The third-order valence-corrected chi connectivity index (χ3v) is 2.48. The van der Waals surface area contributed by atoms with Crippen LogP contribution < -0.4 is 5.73 Å². The van der Waals surface area contributed by atoms with Crippen molar-refractivity contribution in [3.05, 3.63) is 35.4 Å². The van der Waals surface area contributed by atoms with Gasteiger partial charge in [0.1, 0.15) is 0 Å². The molecule has 0 fully saturated rings. The number of hydrogen-bond acceptors (Lipinski definition) is 3. The first-order valence-electron chi connectivity index (χ1n) is 5.48. The van der Waals surface area contributed by atoms with Crippen LogP contribution in [-0.2, 0) is 4.74 Å². The number of carbonyl (C=O) groups is 1. The number of carbonyl (C=O) groups excluding carboxylic acids is 1. The molecule has 0 saturated carbocycles. The summed E-state index contributed by atoms with van der Waals surface area (Å²) < 4.78 is 4.93. The monoisotopic (exact) mass is 221 g/mol. The Hall–Kier alpha value is -1.19.